The largest absolute Gasteiger partial charge is 0.462 e. The van der Waals surface area contributed by atoms with E-state index in [0.717, 1.165) is 6.29 Å². The third-order valence-electron chi connectivity index (χ3n) is 1.78. The Labute approximate surface area is 96.6 Å². The van der Waals surface area contributed by atoms with Crippen LogP contribution in [0.3, 0.4) is 0 Å². The van der Waals surface area contributed by atoms with Crippen molar-refractivity contribution in [2.45, 2.75) is 11.2 Å². The fraction of sp³-hybridized carbons (Fsp3) is 0.273. The molecule has 0 aliphatic heterocycles. The van der Waals surface area contributed by atoms with Gasteiger partial charge in [-0.3, -0.25) is 0 Å². The highest BCUT2D eigenvalue weighted by atomic mass is 79.9. The summed E-state index contributed by atoms with van der Waals surface area (Å²) in [4.78, 5) is 21.4. The Morgan fingerprint density at radius 3 is 2.67 bits per heavy atom. The summed E-state index contributed by atoms with van der Waals surface area (Å²) in [7, 11) is 0. The number of esters is 1. The summed E-state index contributed by atoms with van der Waals surface area (Å²) in [5.41, 5.74) is 0.523. The Bertz CT molecular complexity index is 324. The maximum absolute atomic E-state index is 11.4. The average molecular weight is 271 g/mol. The fourth-order valence-electron chi connectivity index (χ4n) is 0.990. The van der Waals surface area contributed by atoms with E-state index in [1.54, 1.807) is 24.3 Å². The van der Waals surface area contributed by atoms with Crippen molar-refractivity contribution in [1.82, 2.24) is 0 Å². The van der Waals surface area contributed by atoms with Crippen LogP contribution in [-0.4, -0.2) is 23.7 Å². The SMILES string of the molecule is O=CC(Br)CCOC(=O)c1ccccc1. The number of ether oxygens (including phenoxy) is 1. The molecule has 1 rings (SSSR count). The Morgan fingerprint density at radius 2 is 2.07 bits per heavy atom. The summed E-state index contributed by atoms with van der Waals surface area (Å²) in [6.07, 6.45) is 1.26. The van der Waals surface area contributed by atoms with E-state index in [9.17, 15) is 9.59 Å². The van der Waals surface area contributed by atoms with Crippen molar-refractivity contribution in [2.24, 2.45) is 0 Å². The molecule has 1 atom stereocenters. The Balaban J connectivity index is 2.34. The van der Waals surface area contributed by atoms with Gasteiger partial charge in [0, 0.05) is 6.42 Å². The van der Waals surface area contributed by atoms with Crippen molar-refractivity contribution in [1.29, 1.82) is 0 Å². The molecule has 1 unspecified atom stereocenters. The average Bonchev–Trinajstić information content (AvgIpc) is 2.29. The fourth-order valence-corrected chi connectivity index (χ4v) is 1.18. The second-order valence-electron chi connectivity index (χ2n) is 2.94. The molecule has 1 aromatic rings. The summed E-state index contributed by atoms with van der Waals surface area (Å²) < 4.78 is 4.97. The zero-order valence-electron chi connectivity index (χ0n) is 8.06. The molecule has 0 aromatic heterocycles. The number of alkyl halides is 1. The first-order valence-corrected chi connectivity index (χ1v) is 5.47. The number of halogens is 1. The van der Waals surface area contributed by atoms with Gasteiger partial charge in [-0.2, -0.15) is 0 Å². The van der Waals surface area contributed by atoms with Crippen molar-refractivity contribution < 1.29 is 14.3 Å². The molecule has 3 nitrogen and oxygen atoms in total. The minimum Gasteiger partial charge on any atom is -0.462 e. The van der Waals surface area contributed by atoms with Crippen LogP contribution in [0, 0.1) is 0 Å². The first-order chi connectivity index (χ1) is 7.24. The molecule has 4 heteroatoms. The smallest absolute Gasteiger partial charge is 0.338 e. The van der Waals surface area contributed by atoms with Crippen LogP contribution < -0.4 is 0 Å². The van der Waals surface area contributed by atoms with Gasteiger partial charge in [0.25, 0.3) is 0 Å². The summed E-state index contributed by atoms with van der Waals surface area (Å²) >= 11 is 3.12. The molecule has 0 bridgehead atoms. The molecule has 80 valence electrons. The van der Waals surface area contributed by atoms with Gasteiger partial charge in [-0.05, 0) is 12.1 Å². The maximum Gasteiger partial charge on any atom is 0.338 e. The van der Waals surface area contributed by atoms with Gasteiger partial charge in [0.1, 0.15) is 6.29 Å². The quantitative estimate of drug-likeness (QED) is 0.468. The van der Waals surface area contributed by atoms with Crippen molar-refractivity contribution in [3.8, 4) is 0 Å². The van der Waals surface area contributed by atoms with Crippen LogP contribution in [0.2, 0.25) is 0 Å². The monoisotopic (exact) mass is 270 g/mol. The molecule has 0 fully saturated rings. The molecule has 0 radical (unpaired) electrons. The van der Waals surface area contributed by atoms with Gasteiger partial charge in [0.15, 0.2) is 0 Å². The summed E-state index contributed by atoms with van der Waals surface area (Å²) in [5, 5.41) is 0. The zero-order chi connectivity index (χ0) is 11.1. The van der Waals surface area contributed by atoms with Crippen LogP contribution in [0.1, 0.15) is 16.8 Å². The lowest BCUT2D eigenvalue weighted by atomic mass is 10.2. The molecule has 0 aliphatic rings. The molecule has 15 heavy (non-hydrogen) atoms. The molecule has 0 saturated carbocycles. The van der Waals surface area contributed by atoms with E-state index in [-0.39, 0.29) is 17.4 Å². The molecule has 0 amide bonds. The third kappa shape index (κ3) is 4.25. The lowest BCUT2D eigenvalue weighted by molar-refractivity contribution is -0.107. The van der Waals surface area contributed by atoms with Crippen molar-refractivity contribution >= 4 is 28.2 Å². The third-order valence-corrected chi connectivity index (χ3v) is 2.46. The standard InChI is InChI=1S/C11H11BrO3/c12-10(8-13)6-7-15-11(14)9-4-2-1-3-5-9/h1-5,8,10H,6-7H2. The molecule has 0 N–H and O–H groups in total. The Hall–Kier alpha value is -1.16. The second-order valence-corrected chi connectivity index (χ2v) is 4.12. The molecule has 1 aromatic carbocycles. The topological polar surface area (TPSA) is 43.4 Å². The molecule has 0 spiro atoms. The van der Waals surface area contributed by atoms with Crippen LogP contribution in [-0.2, 0) is 9.53 Å². The number of aldehydes is 1. The first kappa shape index (κ1) is 11.9. The van der Waals surface area contributed by atoms with Crippen molar-refractivity contribution in [2.75, 3.05) is 6.61 Å². The number of rotatable bonds is 5. The van der Waals surface area contributed by atoms with E-state index < -0.39 is 0 Å². The normalized spacial score (nSPS) is 11.8. The highest BCUT2D eigenvalue weighted by Gasteiger charge is 2.07. The highest BCUT2D eigenvalue weighted by Crippen LogP contribution is 2.04. The number of hydrogen-bond donors (Lipinski definition) is 0. The highest BCUT2D eigenvalue weighted by molar-refractivity contribution is 9.09. The Kier molecular flexibility index (Phi) is 5.04. The van der Waals surface area contributed by atoms with Gasteiger partial charge in [-0.15, -0.1) is 0 Å². The van der Waals surface area contributed by atoms with Crippen LogP contribution >= 0.6 is 15.9 Å². The van der Waals surface area contributed by atoms with Crippen LogP contribution in [0.25, 0.3) is 0 Å². The number of carbonyl (C=O) groups excluding carboxylic acids is 2. The minimum absolute atomic E-state index is 0.238. The second kappa shape index (κ2) is 6.35. The van der Waals surface area contributed by atoms with E-state index in [0.29, 0.717) is 12.0 Å². The zero-order valence-corrected chi connectivity index (χ0v) is 9.64. The lowest BCUT2D eigenvalue weighted by Crippen LogP contribution is -2.10. The van der Waals surface area contributed by atoms with Gasteiger partial charge in [-0.1, -0.05) is 34.1 Å². The maximum atomic E-state index is 11.4. The van der Waals surface area contributed by atoms with E-state index in [1.165, 1.54) is 0 Å². The van der Waals surface area contributed by atoms with Crippen LogP contribution in [0.5, 0.6) is 0 Å². The summed E-state index contributed by atoms with van der Waals surface area (Å²) in [5.74, 6) is -0.360. The van der Waals surface area contributed by atoms with Gasteiger partial charge in [0.2, 0.25) is 0 Å². The van der Waals surface area contributed by atoms with Gasteiger partial charge < -0.3 is 9.53 Å². The van der Waals surface area contributed by atoms with Crippen LogP contribution in [0.15, 0.2) is 30.3 Å². The van der Waals surface area contributed by atoms with Gasteiger partial charge >= 0.3 is 5.97 Å². The number of hydrogen-bond acceptors (Lipinski definition) is 3. The van der Waals surface area contributed by atoms with Gasteiger partial charge in [-0.25, -0.2) is 4.79 Å². The predicted octanol–water partition coefficient (Wildman–Crippen LogP) is 2.20. The van der Waals surface area contributed by atoms with E-state index in [1.807, 2.05) is 6.07 Å². The van der Waals surface area contributed by atoms with E-state index in [4.69, 9.17) is 4.74 Å². The lowest BCUT2D eigenvalue weighted by Gasteiger charge is -2.04. The summed E-state index contributed by atoms with van der Waals surface area (Å²) in [6.45, 7) is 0.238. The van der Waals surface area contributed by atoms with Gasteiger partial charge in [0.05, 0.1) is 17.0 Å². The molecule has 0 aliphatic carbocycles. The van der Waals surface area contributed by atoms with Crippen molar-refractivity contribution in [3.05, 3.63) is 35.9 Å². The Morgan fingerprint density at radius 1 is 1.40 bits per heavy atom. The predicted molar refractivity (Wildman–Crippen MR) is 60.1 cm³/mol. The molecule has 0 saturated heterocycles. The summed E-state index contributed by atoms with van der Waals surface area (Å²) in [6, 6.07) is 8.75. The van der Waals surface area contributed by atoms with E-state index in [2.05, 4.69) is 15.9 Å². The van der Waals surface area contributed by atoms with E-state index >= 15 is 0 Å². The van der Waals surface area contributed by atoms with Crippen molar-refractivity contribution in [3.63, 3.8) is 0 Å². The molecular weight excluding hydrogens is 260 g/mol. The molecular formula is C11H11BrO3. The molecule has 0 heterocycles. The number of carbonyl (C=O) groups is 2. The minimum atomic E-state index is -0.360. The first-order valence-electron chi connectivity index (χ1n) is 4.55. The number of benzene rings is 1. The van der Waals surface area contributed by atoms with Crippen LogP contribution in [0.4, 0.5) is 0 Å².